The zero-order chi connectivity index (χ0) is 21.3. The fourth-order valence-electron chi connectivity index (χ4n) is 5.00. The smallest absolute Gasteiger partial charge is 0.223 e. The molecule has 0 spiro atoms. The van der Waals surface area contributed by atoms with Crippen LogP contribution >= 0.6 is 0 Å². The Kier molecular flexibility index (Phi) is 8.27. The molecule has 2 aromatic rings. The predicted octanol–water partition coefficient (Wildman–Crippen LogP) is 5.23. The van der Waals surface area contributed by atoms with Crippen molar-refractivity contribution in [2.45, 2.75) is 89.0 Å². The average Bonchev–Trinajstić information content (AvgIpc) is 3.62. The van der Waals surface area contributed by atoms with Gasteiger partial charge in [-0.1, -0.05) is 104 Å². The largest absolute Gasteiger partial charge is 0.353 e. The quantitative estimate of drug-likeness (QED) is 0.667. The molecular formula is C28H37BNO. The zero-order valence-corrected chi connectivity index (χ0v) is 18.9. The van der Waals surface area contributed by atoms with Crippen LogP contribution in [-0.2, 0) is 4.79 Å². The van der Waals surface area contributed by atoms with Crippen molar-refractivity contribution in [3.8, 4) is 0 Å². The Balaban J connectivity index is 1.39. The Bertz CT molecular complexity index is 817. The molecule has 0 aromatic heterocycles. The number of benzene rings is 2. The normalized spacial score (nSPS) is 23.2. The van der Waals surface area contributed by atoms with Crippen molar-refractivity contribution in [1.29, 1.82) is 0 Å². The van der Waals surface area contributed by atoms with E-state index in [9.17, 15) is 4.79 Å². The molecule has 31 heavy (non-hydrogen) atoms. The molecule has 2 saturated carbocycles. The van der Waals surface area contributed by atoms with Crippen LogP contribution in [0.15, 0.2) is 54.6 Å². The molecule has 0 heterocycles. The van der Waals surface area contributed by atoms with Crippen LogP contribution in [0.2, 0.25) is 0 Å². The van der Waals surface area contributed by atoms with Gasteiger partial charge in [0.2, 0.25) is 5.91 Å². The van der Waals surface area contributed by atoms with Gasteiger partial charge >= 0.3 is 0 Å². The zero-order valence-electron chi connectivity index (χ0n) is 18.9. The summed E-state index contributed by atoms with van der Waals surface area (Å²) in [6.45, 7) is 0. The minimum absolute atomic E-state index is 0.317. The maximum absolute atomic E-state index is 12.3. The molecule has 0 bridgehead atoms. The molecule has 163 valence electrons. The summed E-state index contributed by atoms with van der Waals surface area (Å²) in [6, 6.07) is 20.1. The summed E-state index contributed by atoms with van der Waals surface area (Å²) in [5.41, 5.74) is 4.04. The van der Waals surface area contributed by atoms with Gasteiger partial charge in [-0.05, 0) is 50.0 Å². The third kappa shape index (κ3) is 7.26. The maximum atomic E-state index is 12.3. The summed E-state index contributed by atoms with van der Waals surface area (Å²) in [5, 5.41) is 3.38. The Labute approximate surface area is 189 Å². The van der Waals surface area contributed by atoms with E-state index in [1.54, 1.807) is 0 Å². The number of hydrogen-bond acceptors (Lipinski definition) is 1. The molecule has 0 saturated heterocycles. The Morgan fingerprint density at radius 3 is 2.19 bits per heavy atom. The Morgan fingerprint density at radius 1 is 0.710 bits per heavy atom. The van der Waals surface area contributed by atoms with Crippen molar-refractivity contribution in [2.75, 3.05) is 0 Å². The molecule has 0 aliphatic heterocycles. The Morgan fingerprint density at radius 2 is 1.39 bits per heavy atom. The molecule has 1 radical (unpaired) electrons. The SMILES string of the molecule is O=C(NC1CCCCCCCC(c2cccc([B]c3ccccc3)c2)CCC1)C1CC1. The van der Waals surface area contributed by atoms with Crippen LogP contribution in [0.4, 0.5) is 0 Å². The summed E-state index contributed by atoms with van der Waals surface area (Å²) < 4.78 is 0. The van der Waals surface area contributed by atoms with E-state index in [0.717, 1.165) is 25.7 Å². The van der Waals surface area contributed by atoms with Gasteiger partial charge in [0.05, 0.1) is 0 Å². The summed E-state index contributed by atoms with van der Waals surface area (Å²) in [5.74, 6) is 1.26. The first kappa shape index (κ1) is 22.2. The second kappa shape index (κ2) is 11.6. The number of amides is 1. The molecule has 2 fully saturated rings. The lowest BCUT2D eigenvalue weighted by Gasteiger charge is -2.23. The van der Waals surface area contributed by atoms with Crippen LogP contribution < -0.4 is 16.2 Å². The molecule has 2 aliphatic rings. The molecule has 2 unspecified atom stereocenters. The van der Waals surface area contributed by atoms with Crippen LogP contribution in [0, 0.1) is 5.92 Å². The van der Waals surface area contributed by atoms with Crippen molar-refractivity contribution in [3.05, 3.63) is 60.2 Å². The lowest BCUT2D eigenvalue weighted by atomic mass is 9.63. The molecular weight excluding hydrogens is 377 g/mol. The molecule has 2 atom stereocenters. The van der Waals surface area contributed by atoms with Gasteiger partial charge in [-0.25, -0.2) is 0 Å². The highest BCUT2D eigenvalue weighted by Gasteiger charge is 2.30. The molecule has 1 N–H and O–H groups in total. The lowest BCUT2D eigenvalue weighted by Crippen LogP contribution is -2.36. The van der Waals surface area contributed by atoms with Gasteiger partial charge in [0.1, 0.15) is 0 Å². The topological polar surface area (TPSA) is 29.1 Å². The summed E-state index contributed by atoms with van der Waals surface area (Å²) in [7, 11) is 2.28. The molecule has 2 aromatic carbocycles. The number of carbonyl (C=O) groups is 1. The maximum Gasteiger partial charge on any atom is 0.223 e. The van der Waals surface area contributed by atoms with Crippen molar-refractivity contribution < 1.29 is 4.79 Å². The highest BCUT2D eigenvalue weighted by Crippen LogP contribution is 2.31. The molecule has 2 aliphatic carbocycles. The van der Waals surface area contributed by atoms with Gasteiger partial charge in [0.25, 0.3) is 0 Å². The number of carbonyl (C=O) groups excluding carboxylic acids is 1. The van der Waals surface area contributed by atoms with E-state index in [1.165, 1.54) is 67.9 Å². The molecule has 1 amide bonds. The van der Waals surface area contributed by atoms with Gasteiger partial charge < -0.3 is 5.32 Å². The first-order valence-electron chi connectivity index (χ1n) is 12.6. The van der Waals surface area contributed by atoms with Crippen LogP contribution in [-0.4, -0.2) is 19.2 Å². The molecule has 3 heteroatoms. The minimum atomic E-state index is 0.317. The average molecular weight is 414 g/mol. The fourth-order valence-corrected chi connectivity index (χ4v) is 5.00. The van der Waals surface area contributed by atoms with Crippen LogP contribution in [0.25, 0.3) is 0 Å². The molecule has 2 nitrogen and oxygen atoms in total. The van der Waals surface area contributed by atoms with Crippen molar-refractivity contribution >= 4 is 24.1 Å². The monoisotopic (exact) mass is 414 g/mol. The van der Waals surface area contributed by atoms with Gasteiger partial charge in [-0.2, -0.15) is 0 Å². The van der Waals surface area contributed by atoms with Gasteiger partial charge in [-0.3, -0.25) is 4.79 Å². The van der Waals surface area contributed by atoms with E-state index in [0.29, 0.717) is 23.8 Å². The van der Waals surface area contributed by atoms with E-state index in [-0.39, 0.29) is 0 Å². The first-order chi connectivity index (χ1) is 15.3. The molecule has 4 rings (SSSR count). The Hall–Kier alpha value is -2.03. The van der Waals surface area contributed by atoms with E-state index in [1.807, 2.05) is 0 Å². The minimum Gasteiger partial charge on any atom is -0.353 e. The van der Waals surface area contributed by atoms with E-state index < -0.39 is 0 Å². The lowest BCUT2D eigenvalue weighted by molar-refractivity contribution is -0.123. The highest BCUT2D eigenvalue weighted by atomic mass is 16.2. The van der Waals surface area contributed by atoms with Gasteiger partial charge in [-0.15, -0.1) is 0 Å². The van der Waals surface area contributed by atoms with Gasteiger partial charge in [0, 0.05) is 12.0 Å². The van der Waals surface area contributed by atoms with Crippen LogP contribution in [0.3, 0.4) is 0 Å². The van der Waals surface area contributed by atoms with Crippen LogP contribution in [0.5, 0.6) is 0 Å². The van der Waals surface area contributed by atoms with E-state index in [2.05, 4.69) is 67.2 Å². The predicted molar refractivity (Wildman–Crippen MR) is 131 cm³/mol. The first-order valence-corrected chi connectivity index (χ1v) is 12.6. The van der Waals surface area contributed by atoms with Gasteiger partial charge in [0.15, 0.2) is 7.28 Å². The van der Waals surface area contributed by atoms with E-state index in [4.69, 9.17) is 0 Å². The number of rotatable bonds is 5. The van der Waals surface area contributed by atoms with Crippen molar-refractivity contribution in [3.63, 3.8) is 0 Å². The third-order valence-corrected chi connectivity index (χ3v) is 7.02. The van der Waals surface area contributed by atoms with Crippen LogP contribution in [0.1, 0.15) is 88.5 Å². The highest BCUT2D eigenvalue weighted by molar-refractivity contribution is 6.67. The number of nitrogens with one attached hydrogen (secondary N) is 1. The third-order valence-electron chi connectivity index (χ3n) is 7.02. The summed E-state index contributed by atoms with van der Waals surface area (Å²) in [6.07, 6.45) is 14.8. The number of hydrogen-bond donors (Lipinski definition) is 1. The fraction of sp³-hybridized carbons (Fsp3) is 0.536. The second-order valence-electron chi connectivity index (χ2n) is 9.68. The second-order valence-corrected chi connectivity index (χ2v) is 9.68. The summed E-state index contributed by atoms with van der Waals surface area (Å²) >= 11 is 0. The van der Waals surface area contributed by atoms with Crippen molar-refractivity contribution in [2.24, 2.45) is 5.92 Å². The van der Waals surface area contributed by atoms with Crippen molar-refractivity contribution in [1.82, 2.24) is 5.32 Å². The van der Waals surface area contributed by atoms with E-state index >= 15 is 0 Å². The summed E-state index contributed by atoms with van der Waals surface area (Å²) in [4.78, 5) is 12.3. The standard InChI is InChI=1S/C28H37BNO/c31-28(23-19-20-23)30-27-17-8-3-1-2-5-11-22(12-10-18-27)24-13-9-16-26(21-24)29-25-14-6-4-7-15-25/h4,6-7,9,13-16,21-23,27H,1-3,5,8,10-12,17-20H2,(H,30,31).